The van der Waals surface area contributed by atoms with Crippen molar-refractivity contribution < 1.29 is 19.1 Å². The molecule has 2 aromatic rings. The van der Waals surface area contributed by atoms with Crippen molar-refractivity contribution in [3.8, 4) is 0 Å². The topological polar surface area (TPSA) is 91.0 Å². The van der Waals surface area contributed by atoms with Gasteiger partial charge in [-0.1, -0.05) is 12.1 Å². The highest BCUT2D eigenvalue weighted by Gasteiger charge is 2.24. The van der Waals surface area contributed by atoms with E-state index < -0.39 is 23.5 Å². The predicted octanol–water partition coefficient (Wildman–Crippen LogP) is 3.56. The number of carbonyl (C=O) groups excluding carboxylic acids is 3. The minimum absolute atomic E-state index is 0.265. The summed E-state index contributed by atoms with van der Waals surface area (Å²) in [7, 11) is 3.82. The third kappa shape index (κ3) is 7.94. The molecule has 172 valence electrons. The minimum atomic E-state index is -0.674. The number of urea groups is 1. The van der Waals surface area contributed by atoms with Crippen LogP contribution >= 0.6 is 0 Å². The molecule has 0 fully saturated rings. The predicted molar refractivity (Wildman–Crippen MR) is 127 cm³/mol. The van der Waals surface area contributed by atoms with Gasteiger partial charge in [0.05, 0.1) is 6.54 Å². The Bertz CT molecular complexity index is 949. The van der Waals surface area contributed by atoms with Crippen LogP contribution in [0.4, 0.5) is 21.9 Å². The lowest BCUT2D eigenvalue weighted by molar-refractivity contribution is -0.153. The first-order valence-corrected chi connectivity index (χ1v) is 10.4. The van der Waals surface area contributed by atoms with Crippen molar-refractivity contribution in [1.29, 1.82) is 0 Å². The number of amides is 3. The Kier molecular flexibility index (Phi) is 8.23. The number of rotatable bonds is 7. The first kappa shape index (κ1) is 24.7. The fourth-order valence-electron chi connectivity index (χ4n) is 2.91. The third-order valence-corrected chi connectivity index (χ3v) is 4.36. The fraction of sp³-hybridized carbons (Fsp3) is 0.375. The van der Waals surface area contributed by atoms with Crippen LogP contribution in [0.1, 0.15) is 26.3 Å². The minimum Gasteiger partial charge on any atom is -0.459 e. The largest absolute Gasteiger partial charge is 0.459 e. The summed E-state index contributed by atoms with van der Waals surface area (Å²) in [5, 5.41) is 5.24. The number of aryl methyl sites for hydroxylation is 1. The van der Waals surface area contributed by atoms with Gasteiger partial charge in [-0.05, 0) is 69.7 Å². The fourth-order valence-corrected chi connectivity index (χ4v) is 2.91. The van der Waals surface area contributed by atoms with Crippen molar-refractivity contribution in [2.45, 2.75) is 33.3 Å². The number of nitrogens with zero attached hydrogens (tertiary/aromatic N) is 2. The normalized spacial score (nSPS) is 10.8. The van der Waals surface area contributed by atoms with Crippen LogP contribution in [0.3, 0.4) is 0 Å². The average Bonchev–Trinajstić information content (AvgIpc) is 2.69. The first-order chi connectivity index (χ1) is 14.9. The van der Waals surface area contributed by atoms with Gasteiger partial charge in [-0.15, -0.1) is 0 Å². The average molecular weight is 441 g/mol. The van der Waals surface area contributed by atoms with Crippen LogP contribution in [-0.4, -0.2) is 50.7 Å². The second-order valence-electron chi connectivity index (χ2n) is 8.65. The van der Waals surface area contributed by atoms with Crippen molar-refractivity contribution in [3.63, 3.8) is 0 Å². The molecule has 0 aromatic heterocycles. The summed E-state index contributed by atoms with van der Waals surface area (Å²) in [6.45, 7) is 6.66. The van der Waals surface area contributed by atoms with Crippen molar-refractivity contribution in [2.24, 2.45) is 0 Å². The zero-order valence-corrected chi connectivity index (χ0v) is 19.6. The molecule has 2 N–H and O–H groups in total. The number of hydrogen-bond donors (Lipinski definition) is 2. The molecule has 0 aliphatic rings. The molecular formula is C24H32N4O4. The Labute approximate surface area is 189 Å². The molecule has 0 bridgehead atoms. The Morgan fingerprint density at radius 1 is 0.969 bits per heavy atom. The number of hydrogen-bond acceptors (Lipinski definition) is 5. The van der Waals surface area contributed by atoms with Gasteiger partial charge in [-0.2, -0.15) is 0 Å². The third-order valence-electron chi connectivity index (χ3n) is 4.36. The van der Waals surface area contributed by atoms with E-state index in [1.807, 2.05) is 56.3 Å². The Balaban J connectivity index is 2.10. The number of ether oxygens (including phenoxy) is 1. The molecule has 32 heavy (non-hydrogen) atoms. The number of anilines is 3. The smallest absolute Gasteiger partial charge is 0.326 e. The second kappa shape index (κ2) is 10.7. The molecule has 2 aromatic carbocycles. The highest BCUT2D eigenvalue weighted by molar-refractivity contribution is 6.01. The maximum Gasteiger partial charge on any atom is 0.326 e. The van der Waals surface area contributed by atoms with E-state index in [2.05, 4.69) is 10.6 Å². The van der Waals surface area contributed by atoms with Crippen LogP contribution in [0.25, 0.3) is 0 Å². The molecule has 3 amide bonds. The van der Waals surface area contributed by atoms with E-state index in [0.717, 1.165) is 11.3 Å². The molecular weight excluding hydrogens is 408 g/mol. The zero-order chi connectivity index (χ0) is 23.9. The molecule has 0 aliphatic carbocycles. The summed E-state index contributed by atoms with van der Waals surface area (Å²) < 4.78 is 5.38. The van der Waals surface area contributed by atoms with Gasteiger partial charge in [0.1, 0.15) is 12.1 Å². The van der Waals surface area contributed by atoms with Crippen LogP contribution in [-0.2, 0) is 14.3 Å². The summed E-state index contributed by atoms with van der Waals surface area (Å²) >= 11 is 0. The van der Waals surface area contributed by atoms with E-state index in [1.54, 1.807) is 39.0 Å². The lowest BCUT2D eigenvalue weighted by atomic mass is 10.2. The van der Waals surface area contributed by atoms with E-state index in [0.29, 0.717) is 11.4 Å². The van der Waals surface area contributed by atoms with E-state index in [-0.39, 0.29) is 13.1 Å². The number of esters is 1. The van der Waals surface area contributed by atoms with Crippen LogP contribution in [0, 0.1) is 6.92 Å². The molecule has 2 rings (SSSR count). The molecule has 0 aliphatic heterocycles. The first-order valence-electron chi connectivity index (χ1n) is 10.4. The summed E-state index contributed by atoms with van der Waals surface area (Å²) in [5.41, 5.74) is 2.44. The molecule has 8 nitrogen and oxygen atoms in total. The van der Waals surface area contributed by atoms with Gasteiger partial charge in [-0.3, -0.25) is 14.5 Å². The highest BCUT2D eigenvalue weighted by Crippen LogP contribution is 2.20. The van der Waals surface area contributed by atoms with Crippen LogP contribution in [0.5, 0.6) is 0 Å². The van der Waals surface area contributed by atoms with Gasteiger partial charge < -0.3 is 20.3 Å². The molecule has 0 radical (unpaired) electrons. The monoisotopic (exact) mass is 440 g/mol. The Morgan fingerprint density at radius 3 is 2.16 bits per heavy atom. The van der Waals surface area contributed by atoms with Gasteiger partial charge in [0.15, 0.2) is 0 Å². The van der Waals surface area contributed by atoms with E-state index in [1.165, 1.54) is 4.90 Å². The van der Waals surface area contributed by atoms with Gasteiger partial charge in [0.25, 0.3) is 0 Å². The highest BCUT2D eigenvalue weighted by atomic mass is 16.6. The van der Waals surface area contributed by atoms with Crippen molar-refractivity contribution in [3.05, 3.63) is 54.1 Å². The molecule has 0 saturated heterocycles. The number of nitrogens with one attached hydrogen (secondary N) is 2. The number of benzene rings is 2. The van der Waals surface area contributed by atoms with E-state index in [9.17, 15) is 14.4 Å². The van der Waals surface area contributed by atoms with Crippen LogP contribution in [0.15, 0.2) is 48.5 Å². The molecule has 0 spiro atoms. The van der Waals surface area contributed by atoms with E-state index in [4.69, 9.17) is 4.74 Å². The lowest BCUT2D eigenvalue weighted by Gasteiger charge is -2.26. The molecule has 8 heteroatoms. The Hall–Kier alpha value is -3.55. The standard InChI is InChI=1S/C24H32N4O4/c1-17-8-7-9-18(14-17)26-23(31)25-15-21(29)28(16-22(30)32-24(2,3)4)20-12-10-19(11-13-20)27(5)6/h7-14H,15-16H2,1-6H3,(H2,25,26,31). The SMILES string of the molecule is Cc1cccc(NC(=O)NCC(=O)N(CC(=O)OC(C)(C)C)c2ccc(N(C)C)cc2)c1. The van der Waals surface area contributed by atoms with Crippen molar-refractivity contribution in [2.75, 3.05) is 42.3 Å². The molecule has 0 unspecified atom stereocenters. The molecule has 0 saturated carbocycles. The summed E-state index contributed by atoms with van der Waals surface area (Å²) in [6, 6.07) is 14.0. The maximum atomic E-state index is 12.9. The summed E-state index contributed by atoms with van der Waals surface area (Å²) in [4.78, 5) is 40.8. The molecule has 0 heterocycles. The quantitative estimate of drug-likeness (QED) is 0.643. The summed E-state index contributed by atoms with van der Waals surface area (Å²) in [6.07, 6.45) is 0. The van der Waals surface area contributed by atoms with Crippen molar-refractivity contribution in [1.82, 2.24) is 5.32 Å². The van der Waals surface area contributed by atoms with Gasteiger partial charge in [-0.25, -0.2) is 4.79 Å². The van der Waals surface area contributed by atoms with Gasteiger partial charge in [0.2, 0.25) is 5.91 Å². The molecule has 0 atom stereocenters. The Morgan fingerprint density at radius 2 is 1.59 bits per heavy atom. The summed E-state index contributed by atoms with van der Waals surface area (Å²) in [5.74, 6) is -0.973. The maximum absolute atomic E-state index is 12.9. The van der Waals surface area contributed by atoms with Crippen LogP contribution in [0.2, 0.25) is 0 Å². The van der Waals surface area contributed by atoms with E-state index >= 15 is 0 Å². The van der Waals surface area contributed by atoms with Crippen molar-refractivity contribution >= 4 is 35.0 Å². The van der Waals surface area contributed by atoms with Gasteiger partial charge in [0, 0.05) is 31.2 Å². The zero-order valence-electron chi connectivity index (χ0n) is 19.6. The van der Waals surface area contributed by atoms with Crippen LogP contribution < -0.4 is 20.4 Å². The lowest BCUT2D eigenvalue weighted by Crippen LogP contribution is -2.45. The van der Waals surface area contributed by atoms with Gasteiger partial charge >= 0.3 is 12.0 Å². The second-order valence-corrected chi connectivity index (χ2v) is 8.65. The number of carbonyl (C=O) groups is 3.